The van der Waals surface area contributed by atoms with Gasteiger partial charge in [0, 0.05) is 49.4 Å². The van der Waals surface area contributed by atoms with Gasteiger partial charge in [-0.3, -0.25) is 4.99 Å². The molecule has 2 heterocycles. The summed E-state index contributed by atoms with van der Waals surface area (Å²) in [6.45, 7) is 4.42. The molecule has 0 radical (unpaired) electrons. The van der Waals surface area contributed by atoms with Crippen molar-refractivity contribution in [3.8, 4) is 39.1 Å². The lowest BCUT2D eigenvalue weighted by atomic mass is 9.98. The van der Waals surface area contributed by atoms with Crippen molar-refractivity contribution in [1.82, 2.24) is 0 Å². The highest BCUT2D eigenvalue weighted by atomic mass is 16.5. The van der Waals surface area contributed by atoms with Gasteiger partial charge in [-0.05, 0) is 53.2 Å². The van der Waals surface area contributed by atoms with E-state index in [0.29, 0.717) is 29.5 Å². The minimum Gasteiger partial charge on any atom is -0.496 e. The number of para-hydroxylation sites is 3. The Morgan fingerprint density at radius 3 is 1.88 bits per heavy atom. The van der Waals surface area contributed by atoms with E-state index in [4.69, 9.17) is 23.6 Å². The van der Waals surface area contributed by atoms with Crippen LogP contribution in [0.1, 0.15) is 16.7 Å². The lowest BCUT2D eigenvalue weighted by Gasteiger charge is -2.12. The molecule has 59 heavy (non-hydrogen) atoms. The third-order valence-electron chi connectivity index (χ3n) is 10.8. The Hall–Kier alpha value is -7.83. The number of ether oxygens (including phenoxy) is 1. The van der Waals surface area contributed by atoms with E-state index in [0.717, 1.165) is 82.8 Å². The van der Waals surface area contributed by atoms with Crippen molar-refractivity contribution >= 4 is 62.3 Å². The Morgan fingerprint density at radius 1 is 0.525 bits per heavy atom. The molecule has 10 aromatic rings. The first-order chi connectivity index (χ1) is 29.2. The van der Waals surface area contributed by atoms with Crippen LogP contribution < -0.4 is 4.74 Å². The third-order valence-corrected chi connectivity index (χ3v) is 10.8. The average Bonchev–Trinajstić information content (AvgIpc) is 3.89. The van der Waals surface area contributed by atoms with E-state index in [-0.39, 0.29) is 0 Å². The fourth-order valence-electron chi connectivity index (χ4n) is 7.96. The van der Waals surface area contributed by atoms with Crippen LogP contribution in [-0.2, 0) is 6.54 Å². The molecule has 8 aromatic carbocycles. The minimum absolute atomic E-state index is 0.399. The number of hydrogen-bond donors (Lipinski definition) is 0. The third kappa shape index (κ3) is 6.56. The fourth-order valence-corrected chi connectivity index (χ4v) is 7.96. The standard InChI is InChI=1S/C53H37N3O3/c1-54-53(45-23-13-25-47-49(45)44-22-12-21-43(51(44)59-47)42-20-11-19-41-40-18-9-10-24-46(40)58-50(41)42)56-52(38-30-31-39(48(32-38)57-2)37-16-7-4-8-17-37)55-33-34-26-28-36(29-27-34)35-14-5-3-6-15-35/h3-32H,1,33H2,2H3. The number of furan rings is 2. The normalized spacial score (nSPS) is 12.2. The molecule has 2 aromatic heterocycles. The summed E-state index contributed by atoms with van der Waals surface area (Å²) in [5.74, 6) is 1.64. The van der Waals surface area contributed by atoms with Crippen molar-refractivity contribution in [1.29, 1.82) is 0 Å². The van der Waals surface area contributed by atoms with Gasteiger partial charge in [0.05, 0.1) is 13.7 Å². The number of amidine groups is 2. The second-order valence-electron chi connectivity index (χ2n) is 14.3. The summed E-state index contributed by atoms with van der Waals surface area (Å²) >= 11 is 0. The van der Waals surface area contributed by atoms with E-state index < -0.39 is 0 Å². The van der Waals surface area contributed by atoms with Crippen molar-refractivity contribution in [3.05, 3.63) is 199 Å². The molecule has 10 rings (SSSR count). The molecular formula is C53H37N3O3. The first-order valence-electron chi connectivity index (χ1n) is 19.5. The van der Waals surface area contributed by atoms with Crippen LogP contribution in [0.4, 0.5) is 0 Å². The number of methoxy groups -OCH3 is 1. The Morgan fingerprint density at radius 2 is 1.14 bits per heavy atom. The molecule has 0 bridgehead atoms. The number of nitrogens with zero attached hydrogens (tertiary/aromatic N) is 3. The molecule has 0 aliphatic carbocycles. The maximum atomic E-state index is 6.71. The Labute approximate surface area is 341 Å². The monoisotopic (exact) mass is 763 g/mol. The lowest BCUT2D eigenvalue weighted by molar-refractivity contribution is 0.416. The summed E-state index contributed by atoms with van der Waals surface area (Å²) in [7, 11) is 1.68. The summed E-state index contributed by atoms with van der Waals surface area (Å²) in [4.78, 5) is 14.9. The summed E-state index contributed by atoms with van der Waals surface area (Å²) in [5.41, 5.74) is 12.0. The molecule has 6 nitrogen and oxygen atoms in total. The molecule has 0 atom stereocenters. The van der Waals surface area contributed by atoms with Gasteiger partial charge in [0.25, 0.3) is 0 Å². The first-order valence-corrected chi connectivity index (χ1v) is 19.5. The molecule has 0 saturated heterocycles. The highest BCUT2D eigenvalue weighted by Gasteiger charge is 2.21. The van der Waals surface area contributed by atoms with Crippen molar-refractivity contribution in [2.75, 3.05) is 7.11 Å². The van der Waals surface area contributed by atoms with Gasteiger partial charge in [0.15, 0.2) is 11.7 Å². The lowest BCUT2D eigenvalue weighted by Crippen LogP contribution is -2.06. The fraction of sp³-hybridized carbons (Fsp3) is 0.0377. The van der Waals surface area contributed by atoms with Crippen LogP contribution in [0, 0.1) is 0 Å². The van der Waals surface area contributed by atoms with E-state index in [9.17, 15) is 0 Å². The van der Waals surface area contributed by atoms with Gasteiger partial charge < -0.3 is 13.6 Å². The smallest absolute Gasteiger partial charge is 0.161 e. The minimum atomic E-state index is 0.399. The number of rotatable bonds is 8. The SMILES string of the molecule is C=NC(=NC(=NCc1ccc(-c2ccccc2)cc1)c1ccc(-c2ccccc2)c(OC)c1)c1cccc2oc3c(-c4cccc5c4oc4ccccc45)cccc3c12. The average molecular weight is 764 g/mol. The van der Waals surface area contributed by atoms with Crippen molar-refractivity contribution < 1.29 is 13.6 Å². The topological polar surface area (TPSA) is 72.6 Å². The van der Waals surface area contributed by atoms with E-state index in [1.54, 1.807) is 7.11 Å². The van der Waals surface area contributed by atoms with Gasteiger partial charge in [0.1, 0.15) is 28.1 Å². The van der Waals surface area contributed by atoms with E-state index in [2.05, 4.69) is 121 Å². The van der Waals surface area contributed by atoms with Crippen LogP contribution in [0.15, 0.2) is 206 Å². The molecule has 0 N–H and O–H groups in total. The molecule has 6 heteroatoms. The highest BCUT2D eigenvalue weighted by molar-refractivity contribution is 6.23. The van der Waals surface area contributed by atoms with Gasteiger partial charge >= 0.3 is 0 Å². The Kier molecular flexibility index (Phi) is 9.20. The highest BCUT2D eigenvalue weighted by Crippen LogP contribution is 2.42. The van der Waals surface area contributed by atoms with Crippen LogP contribution in [0.5, 0.6) is 5.75 Å². The van der Waals surface area contributed by atoms with Gasteiger partial charge in [-0.15, -0.1) is 0 Å². The Balaban J connectivity index is 1.10. The van der Waals surface area contributed by atoms with Crippen LogP contribution in [-0.4, -0.2) is 25.5 Å². The predicted molar refractivity (Wildman–Crippen MR) is 243 cm³/mol. The quantitative estimate of drug-likeness (QED) is 0.114. The van der Waals surface area contributed by atoms with Gasteiger partial charge in [-0.25, -0.2) is 9.98 Å². The summed E-state index contributed by atoms with van der Waals surface area (Å²) < 4.78 is 19.1. The van der Waals surface area contributed by atoms with Crippen LogP contribution >= 0.6 is 0 Å². The molecule has 282 valence electrons. The van der Waals surface area contributed by atoms with E-state index >= 15 is 0 Å². The second-order valence-corrected chi connectivity index (χ2v) is 14.3. The summed E-state index contributed by atoms with van der Waals surface area (Å²) in [6.07, 6.45) is 0. The van der Waals surface area contributed by atoms with Gasteiger partial charge in [-0.2, -0.15) is 0 Å². The largest absolute Gasteiger partial charge is 0.496 e. The summed E-state index contributed by atoms with van der Waals surface area (Å²) in [6, 6.07) is 61.6. The van der Waals surface area contributed by atoms with E-state index in [1.165, 1.54) is 5.56 Å². The summed E-state index contributed by atoms with van der Waals surface area (Å²) in [5, 5.41) is 3.96. The number of benzene rings is 8. The van der Waals surface area contributed by atoms with Crippen LogP contribution in [0.2, 0.25) is 0 Å². The number of aliphatic imine (C=N–C) groups is 3. The zero-order valence-electron chi connectivity index (χ0n) is 32.3. The molecule has 0 amide bonds. The maximum absolute atomic E-state index is 6.71. The molecule has 0 fully saturated rings. The van der Waals surface area contributed by atoms with Crippen LogP contribution in [0.25, 0.3) is 77.3 Å². The zero-order valence-corrected chi connectivity index (χ0v) is 32.3. The van der Waals surface area contributed by atoms with Crippen LogP contribution in [0.3, 0.4) is 0 Å². The second kappa shape index (κ2) is 15.3. The van der Waals surface area contributed by atoms with Crippen molar-refractivity contribution in [2.24, 2.45) is 15.0 Å². The number of hydrogen-bond acceptors (Lipinski definition) is 4. The zero-order chi connectivity index (χ0) is 39.7. The number of fused-ring (bicyclic) bond motifs is 6. The Bertz CT molecular complexity index is 3230. The molecule has 0 unspecified atom stereocenters. The van der Waals surface area contributed by atoms with Crippen molar-refractivity contribution in [2.45, 2.75) is 6.54 Å². The maximum Gasteiger partial charge on any atom is 0.161 e. The van der Waals surface area contributed by atoms with E-state index in [1.807, 2.05) is 72.8 Å². The molecule has 0 aliphatic rings. The van der Waals surface area contributed by atoms with Crippen molar-refractivity contribution in [3.63, 3.8) is 0 Å². The molecular weight excluding hydrogens is 727 g/mol. The van der Waals surface area contributed by atoms with Gasteiger partial charge in [0.2, 0.25) is 0 Å². The van der Waals surface area contributed by atoms with Gasteiger partial charge in [-0.1, -0.05) is 158 Å². The molecule has 0 aliphatic heterocycles. The predicted octanol–water partition coefficient (Wildman–Crippen LogP) is 13.6. The molecule has 0 spiro atoms. The first kappa shape index (κ1) is 35.6. The molecule has 0 saturated carbocycles.